The number of benzene rings is 1. The third-order valence-electron chi connectivity index (χ3n) is 2.84. The fourth-order valence-electron chi connectivity index (χ4n) is 1.88. The smallest absolute Gasteiger partial charge is 0.328 e. The number of aliphatic hydroxyl groups is 1. The Morgan fingerprint density at radius 1 is 1.32 bits per heavy atom. The summed E-state index contributed by atoms with van der Waals surface area (Å²) in [6, 6.07) is 6.26. The van der Waals surface area contributed by atoms with Crippen molar-refractivity contribution in [3.8, 4) is 0 Å². The molecule has 4 N–H and O–H groups in total. The minimum atomic E-state index is -1.27. The van der Waals surface area contributed by atoms with Crippen molar-refractivity contribution in [2.45, 2.75) is 12.5 Å². The molecule has 0 saturated carbocycles. The summed E-state index contributed by atoms with van der Waals surface area (Å²) < 4.78 is 0. The summed E-state index contributed by atoms with van der Waals surface area (Å²) in [7, 11) is 0. The van der Waals surface area contributed by atoms with E-state index in [1.54, 1.807) is 6.20 Å². The SMILES string of the molecule is O=C(Cc1c[nH]c2ccccc12)N[C@H](CO)C(=O)O. The highest BCUT2D eigenvalue weighted by atomic mass is 16.4. The molecule has 1 heterocycles. The Morgan fingerprint density at radius 2 is 2.05 bits per heavy atom. The molecule has 0 spiro atoms. The number of nitrogens with one attached hydrogen (secondary N) is 2. The minimum absolute atomic E-state index is 0.0633. The van der Waals surface area contributed by atoms with E-state index in [0.717, 1.165) is 16.5 Å². The first-order valence-corrected chi connectivity index (χ1v) is 5.80. The Labute approximate surface area is 109 Å². The summed E-state index contributed by atoms with van der Waals surface area (Å²) in [5.74, 6) is -1.69. The van der Waals surface area contributed by atoms with Gasteiger partial charge in [-0.3, -0.25) is 4.79 Å². The molecule has 0 fully saturated rings. The molecule has 1 amide bonds. The summed E-state index contributed by atoms with van der Waals surface area (Å²) in [6.07, 6.45) is 1.78. The first-order chi connectivity index (χ1) is 9.11. The van der Waals surface area contributed by atoms with Crippen molar-refractivity contribution in [2.75, 3.05) is 6.61 Å². The molecule has 0 aliphatic rings. The van der Waals surface area contributed by atoms with Crippen LogP contribution in [0.5, 0.6) is 0 Å². The zero-order valence-electron chi connectivity index (χ0n) is 10.1. The molecule has 0 aliphatic carbocycles. The van der Waals surface area contributed by atoms with E-state index < -0.39 is 24.5 Å². The summed E-state index contributed by atoms with van der Waals surface area (Å²) in [6.45, 7) is -0.630. The number of aliphatic hydroxyl groups excluding tert-OH is 1. The van der Waals surface area contributed by atoms with Crippen LogP contribution in [0.3, 0.4) is 0 Å². The molecule has 0 bridgehead atoms. The van der Waals surface area contributed by atoms with Gasteiger partial charge in [-0.2, -0.15) is 0 Å². The lowest BCUT2D eigenvalue weighted by Gasteiger charge is -2.11. The van der Waals surface area contributed by atoms with Crippen LogP contribution in [0.1, 0.15) is 5.56 Å². The van der Waals surface area contributed by atoms with Crippen molar-refractivity contribution >= 4 is 22.8 Å². The standard InChI is InChI=1S/C13H14N2O4/c16-7-11(13(18)19)15-12(17)5-8-6-14-10-4-2-1-3-9(8)10/h1-4,6,11,14,16H,5,7H2,(H,15,17)(H,18,19)/t11-/m1/s1. The topological polar surface area (TPSA) is 102 Å². The van der Waals surface area contributed by atoms with Crippen molar-refractivity contribution < 1.29 is 19.8 Å². The highest BCUT2D eigenvalue weighted by Crippen LogP contribution is 2.17. The second-order valence-corrected chi connectivity index (χ2v) is 4.18. The lowest BCUT2D eigenvalue weighted by atomic mass is 10.1. The predicted octanol–water partition coefficient (Wildman–Crippen LogP) is 0.272. The number of aromatic nitrogens is 1. The number of carboxylic acid groups (broad SMARTS) is 1. The van der Waals surface area contributed by atoms with Gasteiger partial charge in [0.2, 0.25) is 5.91 Å². The number of hydrogen-bond donors (Lipinski definition) is 4. The van der Waals surface area contributed by atoms with E-state index >= 15 is 0 Å². The van der Waals surface area contributed by atoms with Crippen molar-refractivity contribution in [3.63, 3.8) is 0 Å². The van der Waals surface area contributed by atoms with E-state index in [1.165, 1.54) is 0 Å². The Bertz CT molecular complexity index is 605. The average Bonchev–Trinajstić information content (AvgIpc) is 2.79. The van der Waals surface area contributed by atoms with Gasteiger partial charge in [0.05, 0.1) is 13.0 Å². The molecule has 0 aliphatic heterocycles. The number of carboxylic acids is 1. The Morgan fingerprint density at radius 3 is 2.74 bits per heavy atom. The Balaban J connectivity index is 2.09. The molecule has 2 aromatic rings. The molecule has 2 rings (SSSR count). The van der Waals surface area contributed by atoms with Crippen molar-refractivity contribution in [1.82, 2.24) is 10.3 Å². The molecule has 6 nitrogen and oxygen atoms in total. The van der Waals surface area contributed by atoms with E-state index in [0.29, 0.717) is 0 Å². The largest absolute Gasteiger partial charge is 0.480 e. The molecule has 1 atom stereocenters. The molecule has 0 unspecified atom stereocenters. The number of hydrogen-bond acceptors (Lipinski definition) is 3. The van der Waals surface area contributed by atoms with E-state index in [9.17, 15) is 9.59 Å². The van der Waals surface area contributed by atoms with Crippen LogP contribution in [0.25, 0.3) is 10.9 Å². The van der Waals surface area contributed by atoms with E-state index in [-0.39, 0.29) is 6.42 Å². The number of aromatic amines is 1. The average molecular weight is 262 g/mol. The number of H-pyrrole nitrogens is 1. The van der Waals surface area contributed by atoms with Crippen LogP contribution in [0.2, 0.25) is 0 Å². The second-order valence-electron chi connectivity index (χ2n) is 4.18. The first kappa shape index (κ1) is 13.1. The van der Waals surface area contributed by atoms with E-state index in [2.05, 4.69) is 10.3 Å². The van der Waals surface area contributed by atoms with Gasteiger partial charge in [0.1, 0.15) is 6.04 Å². The van der Waals surface area contributed by atoms with Crippen LogP contribution >= 0.6 is 0 Å². The molecule has 6 heteroatoms. The number of fused-ring (bicyclic) bond motifs is 1. The number of carbonyl (C=O) groups is 2. The normalized spacial score (nSPS) is 12.3. The van der Waals surface area contributed by atoms with Gasteiger partial charge < -0.3 is 20.5 Å². The van der Waals surface area contributed by atoms with Gasteiger partial charge in [0.15, 0.2) is 0 Å². The van der Waals surface area contributed by atoms with Crippen LogP contribution in [0.4, 0.5) is 0 Å². The zero-order valence-corrected chi connectivity index (χ0v) is 10.1. The lowest BCUT2D eigenvalue weighted by molar-refractivity contribution is -0.142. The molecule has 100 valence electrons. The van der Waals surface area contributed by atoms with E-state index in [1.807, 2.05) is 24.3 Å². The Kier molecular flexibility index (Phi) is 3.82. The fourth-order valence-corrected chi connectivity index (χ4v) is 1.88. The van der Waals surface area contributed by atoms with Crippen molar-refractivity contribution in [3.05, 3.63) is 36.0 Å². The molecular weight excluding hydrogens is 248 g/mol. The number of aliphatic carboxylic acids is 1. The van der Waals surface area contributed by atoms with Crippen LogP contribution < -0.4 is 5.32 Å². The minimum Gasteiger partial charge on any atom is -0.480 e. The summed E-state index contributed by atoms with van der Waals surface area (Å²) in [4.78, 5) is 25.5. The fraction of sp³-hybridized carbons (Fsp3) is 0.231. The number of rotatable bonds is 5. The quantitative estimate of drug-likeness (QED) is 0.621. The van der Waals surface area contributed by atoms with Crippen molar-refractivity contribution in [1.29, 1.82) is 0 Å². The van der Waals surface area contributed by atoms with Crippen LogP contribution in [0, 0.1) is 0 Å². The van der Waals surface area contributed by atoms with Crippen LogP contribution in [0.15, 0.2) is 30.5 Å². The second kappa shape index (κ2) is 5.53. The zero-order chi connectivity index (χ0) is 13.8. The van der Waals surface area contributed by atoms with Gasteiger partial charge >= 0.3 is 5.97 Å². The third-order valence-corrected chi connectivity index (χ3v) is 2.84. The highest BCUT2D eigenvalue weighted by molar-refractivity contribution is 5.90. The molecule has 0 saturated heterocycles. The predicted molar refractivity (Wildman–Crippen MR) is 68.7 cm³/mol. The van der Waals surface area contributed by atoms with Gasteiger partial charge in [-0.25, -0.2) is 4.79 Å². The summed E-state index contributed by atoms with van der Waals surface area (Å²) in [5.41, 5.74) is 1.71. The van der Waals surface area contributed by atoms with Crippen LogP contribution in [-0.2, 0) is 16.0 Å². The molecule has 1 aromatic carbocycles. The maximum absolute atomic E-state index is 11.7. The van der Waals surface area contributed by atoms with Gasteiger partial charge in [0, 0.05) is 17.1 Å². The van der Waals surface area contributed by atoms with Crippen molar-refractivity contribution in [2.24, 2.45) is 0 Å². The summed E-state index contributed by atoms with van der Waals surface area (Å²) >= 11 is 0. The molecule has 1 aromatic heterocycles. The first-order valence-electron chi connectivity index (χ1n) is 5.80. The van der Waals surface area contributed by atoms with Gasteiger partial charge in [-0.05, 0) is 11.6 Å². The van der Waals surface area contributed by atoms with Crippen LogP contribution in [-0.4, -0.2) is 39.7 Å². The maximum atomic E-state index is 11.7. The maximum Gasteiger partial charge on any atom is 0.328 e. The van der Waals surface area contributed by atoms with E-state index in [4.69, 9.17) is 10.2 Å². The molecule has 19 heavy (non-hydrogen) atoms. The number of carbonyl (C=O) groups excluding carboxylic acids is 1. The van der Waals surface area contributed by atoms with Gasteiger partial charge in [-0.15, -0.1) is 0 Å². The summed E-state index contributed by atoms with van der Waals surface area (Å²) in [5, 5.41) is 20.8. The third kappa shape index (κ3) is 2.92. The highest BCUT2D eigenvalue weighted by Gasteiger charge is 2.19. The number of para-hydroxylation sites is 1. The lowest BCUT2D eigenvalue weighted by Crippen LogP contribution is -2.43. The monoisotopic (exact) mass is 262 g/mol. The Hall–Kier alpha value is -2.34. The van der Waals surface area contributed by atoms with Gasteiger partial charge in [0.25, 0.3) is 0 Å². The molecule has 0 radical (unpaired) electrons. The number of amides is 1. The molecular formula is C13H14N2O4. The van der Waals surface area contributed by atoms with Gasteiger partial charge in [-0.1, -0.05) is 18.2 Å².